The standard InChI is InChI=1S/C11H11Cl3N2O/c12-6-3-8(14)9(4-7(6)13)16-10(17)11(5-15)1-2-11/h3-4H,1-2,5,15H2,(H,16,17). The fourth-order valence-electron chi connectivity index (χ4n) is 1.55. The summed E-state index contributed by atoms with van der Waals surface area (Å²) in [5, 5.41) is 3.81. The zero-order valence-electron chi connectivity index (χ0n) is 8.90. The van der Waals surface area contributed by atoms with E-state index in [1.807, 2.05) is 0 Å². The van der Waals surface area contributed by atoms with Gasteiger partial charge in [-0.3, -0.25) is 4.79 Å². The summed E-state index contributed by atoms with van der Waals surface area (Å²) in [6.07, 6.45) is 1.63. The van der Waals surface area contributed by atoms with Gasteiger partial charge in [-0.25, -0.2) is 0 Å². The molecule has 1 fully saturated rings. The molecule has 0 aromatic heterocycles. The Morgan fingerprint density at radius 1 is 1.24 bits per heavy atom. The van der Waals surface area contributed by atoms with E-state index in [0.717, 1.165) is 12.8 Å². The first kappa shape index (κ1) is 13.0. The second kappa shape index (κ2) is 4.65. The summed E-state index contributed by atoms with van der Waals surface area (Å²) < 4.78 is 0. The molecule has 0 bridgehead atoms. The first-order valence-corrected chi connectivity index (χ1v) is 6.28. The molecule has 1 aliphatic carbocycles. The Balaban J connectivity index is 2.19. The Bertz CT molecular complexity index is 472. The molecule has 1 saturated carbocycles. The second-order valence-electron chi connectivity index (χ2n) is 4.18. The number of carbonyl (C=O) groups excluding carboxylic acids is 1. The lowest BCUT2D eigenvalue weighted by Gasteiger charge is -2.14. The molecule has 17 heavy (non-hydrogen) atoms. The molecular formula is C11H11Cl3N2O. The summed E-state index contributed by atoms with van der Waals surface area (Å²) >= 11 is 17.6. The highest BCUT2D eigenvalue weighted by molar-refractivity contribution is 6.44. The van der Waals surface area contributed by atoms with Crippen molar-refractivity contribution in [1.29, 1.82) is 0 Å². The van der Waals surface area contributed by atoms with Crippen molar-refractivity contribution in [3.8, 4) is 0 Å². The highest BCUT2D eigenvalue weighted by atomic mass is 35.5. The first-order valence-electron chi connectivity index (χ1n) is 5.14. The molecular weight excluding hydrogens is 282 g/mol. The minimum Gasteiger partial charge on any atom is -0.329 e. The van der Waals surface area contributed by atoms with Crippen molar-refractivity contribution in [3.05, 3.63) is 27.2 Å². The third-order valence-corrected chi connectivity index (χ3v) is 4.02. The molecule has 0 heterocycles. The predicted molar refractivity (Wildman–Crippen MR) is 70.8 cm³/mol. The number of carbonyl (C=O) groups is 1. The van der Waals surface area contributed by atoms with Crippen LogP contribution in [-0.4, -0.2) is 12.5 Å². The Kier molecular flexibility index (Phi) is 3.55. The molecule has 1 aromatic carbocycles. The molecule has 1 aliphatic rings. The van der Waals surface area contributed by atoms with E-state index in [1.54, 1.807) is 0 Å². The van der Waals surface area contributed by atoms with Gasteiger partial charge in [0.25, 0.3) is 0 Å². The molecule has 92 valence electrons. The number of hydrogen-bond donors (Lipinski definition) is 2. The molecule has 0 unspecified atom stereocenters. The average Bonchev–Trinajstić information content (AvgIpc) is 3.06. The Hall–Kier alpha value is -0.480. The Morgan fingerprint density at radius 3 is 2.35 bits per heavy atom. The Labute approximate surface area is 114 Å². The molecule has 6 heteroatoms. The summed E-state index contributed by atoms with van der Waals surface area (Å²) in [6, 6.07) is 3.04. The number of amides is 1. The largest absolute Gasteiger partial charge is 0.329 e. The van der Waals surface area contributed by atoms with Crippen molar-refractivity contribution in [2.24, 2.45) is 11.1 Å². The van der Waals surface area contributed by atoms with E-state index >= 15 is 0 Å². The third-order valence-electron chi connectivity index (χ3n) is 2.98. The molecule has 0 saturated heterocycles. The molecule has 0 spiro atoms. The van der Waals surface area contributed by atoms with Crippen LogP contribution in [0.1, 0.15) is 12.8 Å². The van der Waals surface area contributed by atoms with E-state index in [0.29, 0.717) is 27.3 Å². The zero-order chi connectivity index (χ0) is 12.6. The second-order valence-corrected chi connectivity index (χ2v) is 5.41. The SMILES string of the molecule is NCC1(C(=O)Nc2cc(Cl)c(Cl)cc2Cl)CC1. The lowest BCUT2D eigenvalue weighted by atomic mass is 10.1. The fraction of sp³-hybridized carbons (Fsp3) is 0.364. The molecule has 2 rings (SSSR count). The van der Waals surface area contributed by atoms with Crippen LogP contribution >= 0.6 is 34.8 Å². The van der Waals surface area contributed by atoms with Crippen LogP contribution in [0.3, 0.4) is 0 Å². The lowest BCUT2D eigenvalue weighted by Crippen LogP contribution is -2.30. The summed E-state index contributed by atoms with van der Waals surface area (Å²) in [7, 11) is 0. The lowest BCUT2D eigenvalue weighted by molar-refractivity contribution is -0.120. The van der Waals surface area contributed by atoms with Gasteiger partial charge in [-0.15, -0.1) is 0 Å². The maximum atomic E-state index is 12.0. The number of rotatable bonds is 3. The minimum atomic E-state index is -0.421. The van der Waals surface area contributed by atoms with Crippen LogP contribution in [0.4, 0.5) is 5.69 Å². The van der Waals surface area contributed by atoms with Crippen molar-refractivity contribution in [1.82, 2.24) is 0 Å². The quantitative estimate of drug-likeness (QED) is 0.840. The van der Waals surface area contributed by atoms with Gasteiger partial charge in [0.05, 0.1) is 26.2 Å². The van der Waals surface area contributed by atoms with E-state index in [2.05, 4.69) is 5.32 Å². The molecule has 0 radical (unpaired) electrons. The number of anilines is 1. The highest BCUT2D eigenvalue weighted by Gasteiger charge is 2.48. The van der Waals surface area contributed by atoms with Crippen LogP contribution in [-0.2, 0) is 4.79 Å². The van der Waals surface area contributed by atoms with Crippen molar-refractivity contribution in [2.45, 2.75) is 12.8 Å². The average molecular weight is 294 g/mol. The first-order chi connectivity index (χ1) is 7.98. The molecule has 3 nitrogen and oxygen atoms in total. The summed E-state index contributed by atoms with van der Waals surface area (Å²) in [6.45, 7) is 0.345. The van der Waals surface area contributed by atoms with Gasteiger partial charge in [-0.05, 0) is 25.0 Å². The fourth-order valence-corrected chi connectivity index (χ4v) is 2.14. The van der Waals surface area contributed by atoms with Gasteiger partial charge in [-0.1, -0.05) is 34.8 Å². The minimum absolute atomic E-state index is 0.111. The number of nitrogens with two attached hydrogens (primary N) is 1. The van der Waals surface area contributed by atoms with Gasteiger partial charge in [-0.2, -0.15) is 0 Å². The molecule has 1 aromatic rings. The van der Waals surface area contributed by atoms with Crippen LogP contribution in [0.25, 0.3) is 0 Å². The van der Waals surface area contributed by atoms with E-state index in [1.165, 1.54) is 12.1 Å². The van der Waals surface area contributed by atoms with Crippen LogP contribution < -0.4 is 11.1 Å². The number of benzene rings is 1. The van der Waals surface area contributed by atoms with Gasteiger partial charge in [0.2, 0.25) is 5.91 Å². The normalized spacial score (nSPS) is 16.7. The smallest absolute Gasteiger partial charge is 0.231 e. The van der Waals surface area contributed by atoms with Gasteiger partial charge in [0, 0.05) is 6.54 Å². The van der Waals surface area contributed by atoms with Crippen LogP contribution in [0, 0.1) is 5.41 Å². The van der Waals surface area contributed by atoms with E-state index in [-0.39, 0.29) is 5.91 Å². The summed E-state index contributed by atoms with van der Waals surface area (Å²) in [5.41, 5.74) is 5.62. The van der Waals surface area contributed by atoms with Crippen molar-refractivity contribution in [2.75, 3.05) is 11.9 Å². The number of hydrogen-bond acceptors (Lipinski definition) is 2. The molecule has 0 aliphatic heterocycles. The van der Waals surface area contributed by atoms with Crippen LogP contribution in [0.15, 0.2) is 12.1 Å². The molecule has 3 N–H and O–H groups in total. The van der Waals surface area contributed by atoms with E-state index in [9.17, 15) is 4.79 Å². The monoisotopic (exact) mass is 292 g/mol. The number of halogens is 3. The molecule has 0 atom stereocenters. The van der Waals surface area contributed by atoms with Crippen molar-refractivity contribution in [3.63, 3.8) is 0 Å². The summed E-state index contributed by atoms with van der Waals surface area (Å²) in [4.78, 5) is 12.0. The highest BCUT2D eigenvalue weighted by Crippen LogP contribution is 2.46. The molecule has 1 amide bonds. The maximum Gasteiger partial charge on any atom is 0.231 e. The van der Waals surface area contributed by atoms with Gasteiger partial charge >= 0.3 is 0 Å². The Morgan fingerprint density at radius 2 is 1.82 bits per heavy atom. The maximum absolute atomic E-state index is 12.0. The van der Waals surface area contributed by atoms with Crippen LogP contribution in [0.2, 0.25) is 15.1 Å². The van der Waals surface area contributed by atoms with E-state index < -0.39 is 5.41 Å². The van der Waals surface area contributed by atoms with Crippen molar-refractivity contribution >= 4 is 46.4 Å². The topological polar surface area (TPSA) is 55.1 Å². The zero-order valence-corrected chi connectivity index (χ0v) is 11.2. The van der Waals surface area contributed by atoms with E-state index in [4.69, 9.17) is 40.5 Å². The predicted octanol–water partition coefficient (Wildman–Crippen LogP) is 3.32. The van der Waals surface area contributed by atoms with Gasteiger partial charge in [0.15, 0.2) is 0 Å². The van der Waals surface area contributed by atoms with Crippen molar-refractivity contribution < 1.29 is 4.79 Å². The summed E-state index contributed by atoms with van der Waals surface area (Å²) in [5.74, 6) is -0.111. The van der Waals surface area contributed by atoms with Gasteiger partial charge in [0.1, 0.15) is 0 Å². The number of nitrogens with one attached hydrogen (secondary N) is 1. The van der Waals surface area contributed by atoms with Gasteiger partial charge < -0.3 is 11.1 Å². The van der Waals surface area contributed by atoms with Crippen LogP contribution in [0.5, 0.6) is 0 Å². The third kappa shape index (κ3) is 2.52.